The quantitative estimate of drug-likeness (QED) is 0.191. The molecule has 12 heteroatoms. The number of benzene rings is 3. The predicted molar refractivity (Wildman–Crippen MR) is 144 cm³/mol. The van der Waals surface area contributed by atoms with Crippen molar-refractivity contribution < 1.29 is 32.2 Å². The number of aromatic nitrogens is 2. The summed E-state index contributed by atoms with van der Waals surface area (Å²) in [7, 11) is 1.37. The van der Waals surface area contributed by atoms with Gasteiger partial charge in [0.1, 0.15) is 0 Å². The second-order valence-electron chi connectivity index (χ2n) is 8.75. The maximum atomic E-state index is 13.4. The van der Waals surface area contributed by atoms with Gasteiger partial charge >= 0.3 is 12.1 Å². The van der Waals surface area contributed by atoms with Gasteiger partial charge in [0.2, 0.25) is 0 Å². The number of carbonyl (C=O) groups is 1. The first-order chi connectivity index (χ1) is 19.0. The zero-order valence-corrected chi connectivity index (χ0v) is 22.3. The van der Waals surface area contributed by atoms with Crippen LogP contribution in [0.15, 0.2) is 70.6 Å². The highest BCUT2D eigenvalue weighted by Gasteiger charge is 2.31. The van der Waals surface area contributed by atoms with Crippen LogP contribution in [0.1, 0.15) is 25.0 Å². The van der Waals surface area contributed by atoms with Gasteiger partial charge in [-0.15, -0.1) is 0 Å². The van der Waals surface area contributed by atoms with E-state index in [1.165, 1.54) is 37.6 Å². The largest absolute Gasteiger partial charge is 0.493 e. The Morgan fingerprint density at radius 2 is 1.88 bits per heavy atom. The van der Waals surface area contributed by atoms with Gasteiger partial charge in [-0.1, -0.05) is 35.9 Å². The summed E-state index contributed by atoms with van der Waals surface area (Å²) in [6, 6.07) is 13.9. The van der Waals surface area contributed by atoms with Gasteiger partial charge < -0.3 is 14.2 Å². The van der Waals surface area contributed by atoms with E-state index in [4.69, 9.17) is 25.8 Å². The number of nitrogens with zero attached hydrogens (tertiary/aromatic N) is 3. The van der Waals surface area contributed by atoms with Crippen LogP contribution in [0.25, 0.3) is 22.3 Å². The number of hydrogen-bond acceptors (Lipinski definition) is 7. The van der Waals surface area contributed by atoms with Crippen molar-refractivity contribution >= 4 is 34.7 Å². The average Bonchev–Trinajstić information content (AvgIpc) is 2.90. The van der Waals surface area contributed by atoms with Crippen LogP contribution in [0.5, 0.6) is 11.5 Å². The van der Waals surface area contributed by atoms with E-state index in [-0.39, 0.29) is 39.4 Å². The summed E-state index contributed by atoms with van der Waals surface area (Å²) in [6.45, 7) is 3.00. The zero-order valence-electron chi connectivity index (χ0n) is 21.5. The van der Waals surface area contributed by atoms with Crippen molar-refractivity contribution in [2.24, 2.45) is 5.10 Å². The second-order valence-corrected chi connectivity index (χ2v) is 9.16. The zero-order chi connectivity index (χ0) is 29.0. The molecule has 0 aliphatic rings. The molecular weight excluding hydrogens is 551 g/mol. The first-order valence-electron chi connectivity index (χ1n) is 11.9. The van der Waals surface area contributed by atoms with Crippen molar-refractivity contribution in [3.05, 3.63) is 87.2 Å². The van der Waals surface area contributed by atoms with Crippen LogP contribution in [0, 0.1) is 0 Å². The van der Waals surface area contributed by atoms with E-state index in [0.717, 1.165) is 16.8 Å². The molecule has 0 radical (unpaired) electrons. The Balaban J connectivity index is 1.77. The summed E-state index contributed by atoms with van der Waals surface area (Å²) in [6.07, 6.45) is -3.63. The lowest BCUT2D eigenvalue weighted by molar-refractivity contribution is -0.149. The first kappa shape index (κ1) is 28.6. The molecule has 0 spiro atoms. The molecule has 3 aromatic carbocycles. The number of carbonyl (C=O) groups excluding carboxylic acids is 1. The fourth-order valence-corrected chi connectivity index (χ4v) is 4.03. The molecule has 8 nitrogen and oxygen atoms in total. The Hall–Kier alpha value is -4.38. The average molecular weight is 574 g/mol. The van der Waals surface area contributed by atoms with Crippen LogP contribution in [-0.2, 0) is 15.7 Å². The summed E-state index contributed by atoms with van der Waals surface area (Å²) in [5, 5.41) is 4.56. The number of methoxy groups -OCH3 is 1. The van der Waals surface area contributed by atoms with Gasteiger partial charge in [-0.2, -0.15) is 22.9 Å². The van der Waals surface area contributed by atoms with Gasteiger partial charge in [-0.05, 0) is 55.8 Å². The minimum absolute atomic E-state index is 0.0440. The molecule has 0 unspecified atom stereocenters. The van der Waals surface area contributed by atoms with E-state index in [9.17, 15) is 22.8 Å². The highest BCUT2D eigenvalue weighted by Crippen LogP contribution is 2.36. The summed E-state index contributed by atoms with van der Waals surface area (Å²) >= 11 is 6.37. The molecule has 0 aliphatic heterocycles. The van der Waals surface area contributed by atoms with E-state index in [1.54, 1.807) is 38.1 Å². The summed E-state index contributed by atoms with van der Waals surface area (Å²) in [4.78, 5) is 29.7. The molecule has 0 fully saturated rings. The SMILES string of the molecule is COc1cc(C=Nn2c(-c3cccc(C(F)(F)F)c3)nc3ccccc3c2=O)cc(Cl)c1OCC(=O)OC(C)C. The first-order valence-corrected chi connectivity index (χ1v) is 12.3. The molecule has 0 amide bonds. The lowest BCUT2D eigenvalue weighted by atomic mass is 10.1. The van der Waals surface area contributed by atoms with Crippen molar-refractivity contribution in [3.63, 3.8) is 0 Å². The van der Waals surface area contributed by atoms with Gasteiger partial charge in [-0.25, -0.2) is 9.78 Å². The van der Waals surface area contributed by atoms with Crippen LogP contribution >= 0.6 is 11.6 Å². The van der Waals surface area contributed by atoms with Gasteiger partial charge in [0.25, 0.3) is 5.56 Å². The van der Waals surface area contributed by atoms with Crippen molar-refractivity contribution in [3.8, 4) is 22.9 Å². The normalized spacial score (nSPS) is 11.8. The molecule has 1 aromatic heterocycles. The molecule has 1 heterocycles. The van der Waals surface area contributed by atoms with E-state index >= 15 is 0 Å². The number of esters is 1. The van der Waals surface area contributed by atoms with Gasteiger partial charge in [-0.3, -0.25) is 4.79 Å². The Bertz CT molecular complexity index is 1650. The Morgan fingerprint density at radius 1 is 1.12 bits per heavy atom. The van der Waals surface area contributed by atoms with E-state index in [1.807, 2.05) is 0 Å². The smallest absolute Gasteiger partial charge is 0.416 e. The van der Waals surface area contributed by atoms with Crippen LogP contribution in [0.2, 0.25) is 5.02 Å². The lowest BCUT2D eigenvalue weighted by Crippen LogP contribution is -2.20. The Labute approximate surface area is 231 Å². The van der Waals surface area contributed by atoms with Crippen molar-refractivity contribution in [1.29, 1.82) is 0 Å². The maximum absolute atomic E-state index is 13.4. The number of fused-ring (bicyclic) bond motifs is 1. The molecule has 0 aliphatic carbocycles. The molecule has 40 heavy (non-hydrogen) atoms. The fourth-order valence-electron chi connectivity index (χ4n) is 3.76. The van der Waals surface area contributed by atoms with Crippen LogP contribution in [0.3, 0.4) is 0 Å². The third kappa shape index (κ3) is 6.42. The topological polar surface area (TPSA) is 92.0 Å². The Morgan fingerprint density at radius 3 is 2.58 bits per heavy atom. The third-order valence-electron chi connectivity index (χ3n) is 5.48. The number of para-hydroxylation sites is 1. The summed E-state index contributed by atoms with van der Waals surface area (Å²) in [5.41, 5.74) is -0.770. The minimum Gasteiger partial charge on any atom is -0.493 e. The number of rotatable bonds is 8. The standard InChI is InChI=1S/C28H23ClF3N3O5/c1-16(2)40-24(36)15-39-25-21(29)11-17(12-23(25)38-3)14-33-35-26(18-7-6-8-19(13-18)28(30,31)32)34-22-10-5-4-9-20(22)27(35)37/h4-14,16H,15H2,1-3H3. The molecule has 0 N–H and O–H groups in total. The van der Waals surface area contributed by atoms with Crippen molar-refractivity contribution in [2.45, 2.75) is 26.1 Å². The van der Waals surface area contributed by atoms with Crippen molar-refractivity contribution in [2.75, 3.05) is 13.7 Å². The number of hydrogen-bond donors (Lipinski definition) is 0. The van der Waals surface area contributed by atoms with Gasteiger partial charge in [0.05, 0.1) is 40.9 Å². The van der Waals surface area contributed by atoms with Gasteiger partial charge in [0.15, 0.2) is 23.9 Å². The molecule has 0 saturated carbocycles. The molecule has 0 atom stereocenters. The highest BCUT2D eigenvalue weighted by atomic mass is 35.5. The number of ether oxygens (including phenoxy) is 3. The lowest BCUT2D eigenvalue weighted by Gasteiger charge is -2.14. The van der Waals surface area contributed by atoms with Crippen molar-refractivity contribution in [1.82, 2.24) is 9.66 Å². The summed E-state index contributed by atoms with van der Waals surface area (Å²) in [5.74, 6) is -0.415. The molecule has 0 saturated heterocycles. The van der Waals surface area contributed by atoms with E-state index in [0.29, 0.717) is 11.1 Å². The summed E-state index contributed by atoms with van der Waals surface area (Å²) < 4.78 is 57.0. The number of halogens is 4. The van der Waals surface area contributed by atoms with Gasteiger partial charge in [0, 0.05) is 5.56 Å². The highest BCUT2D eigenvalue weighted by molar-refractivity contribution is 6.32. The maximum Gasteiger partial charge on any atom is 0.416 e. The molecule has 0 bridgehead atoms. The predicted octanol–water partition coefficient (Wildman–Crippen LogP) is 5.96. The second kappa shape index (κ2) is 11.8. The monoisotopic (exact) mass is 573 g/mol. The molecule has 4 aromatic rings. The minimum atomic E-state index is -4.59. The van der Waals surface area contributed by atoms with Crippen LogP contribution in [-0.4, -0.2) is 41.7 Å². The van der Waals surface area contributed by atoms with E-state index in [2.05, 4.69) is 10.1 Å². The molecule has 208 valence electrons. The molecular formula is C28H23ClF3N3O5. The van der Waals surface area contributed by atoms with Crippen LogP contribution in [0.4, 0.5) is 13.2 Å². The van der Waals surface area contributed by atoms with E-state index < -0.39 is 29.9 Å². The fraction of sp³-hybridized carbons (Fsp3) is 0.214. The number of alkyl halides is 3. The third-order valence-corrected chi connectivity index (χ3v) is 5.76. The van der Waals surface area contributed by atoms with Crippen LogP contribution < -0.4 is 15.0 Å². The Kier molecular flexibility index (Phi) is 8.43. The molecule has 4 rings (SSSR count).